The molecule has 0 aliphatic carbocycles. The molecule has 0 saturated heterocycles. The van der Waals surface area contributed by atoms with E-state index in [1.807, 2.05) is 35.8 Å². The van der Waals surface area contributed by atoms with Crippen molar-refractivity contribution in [1.82, 2.24) is 25.4 Å². The molecule has 2 rings (SSSR count). The molecule has 26 heavy (non-hydrogen) atoms. The standard InChI is InChI=1S/C18H28N6O2/c1-5-17-23-22-13-24(17)10-9-20-18(19-3)21-12-14(2)26-16-8-6-7-15(11-16)25-4/h6-8,11,13-14H,5,9-10,12H2,1-4H3,(H2,19,20,21). The molecule has 0 spiro atoms. The van der Waals surface area contributed by atoms with E-state index < -0.39 is 0 Å². The van der Waals surface area contributed by atoms with E-state index in [1.54, 1.807) is 20.5 Å². The van der Waals surface area contributed by atoms with Crippen molar-refractivity contribution in [1.29, 1.82) is 0 Å². The van der Waals surface area contributed by atoms with Crippen LogP contribution in [0.5, 0.6) is 11.5 Å². The molecular formula is C18H28N6O2. The lowest BCUT2D eigenvalue weighted by molar-refractivity contribution is 0.223. The van der Waals surface area contributed by atoms with Gasteiger partial charge in [0.05, 0.1) is 13.7 Å². The highest BCUT2D eigenvalue weighted by Gasteiger charge is 2.07. The number of guanidine groups is 1. The molecule has 0 bridgehead atoms. The number of nitrogens with zero attached hydrogens (tertiary/aromatic N) is 4. The van der Waals surface area contributed by atoms with Crippen LogP contribution in [0.2, 0.25) is 0 Å². The van der Waals surface area contributed by atoms with E-state index in [2.05, 4.69) is 32.7 Å². The quantitative estimate of drug-likeness (QED) is 0.520. The smallest absolute Gasteiger partial charge is 0.191 e. The summed E-state index contributed by atoms with van der Waals surface area (Å²) in [6.07, 6.45) is 2.59. The van der Waals surface area contributed by atoms with Crippen molar-refractivity contribution in [2.24, 2.45) is 4.99 Å². The summed E-state index contributed by atoms with van der Waals surface area (Å²) in [7, 11) is 3.39. The number of aryl methyl sites for hydroxylation is 1. The number of nitrogens with one attached hydrogen (secondary N) is 2. The van der Waals surface area contributed by atoms with Crippen molar-refractivity contribution in [2.45, 2.75) is 32.9 Å². The zero-order valence-electron chi connectivity index (χ0n) is 15.9. The first-order chi connectivity index (χ1) is 12.7. The van der Waals surface area contributed by atoms with Crippen LogP contribution < -0.4 is 20.1 Å². The fraction of sp³-hybridized carbons (Fsp3) is 0.500. The molecule has 0 amide bonds. The fourth-order valence-electron chi connectivity index (χ4n) is 2.44. The average molecular weight is 360 g/mol. The summed E-state index contributed by atoms with van der Waals surface area (Å²) >= 11 is 0. The molecule has 1 heterocycles. The molecule has 2 N–H and O–H groups in total. The first-order valence-electron chi connectivity index (χ1n) is 8.78. The lowest BCUT2D eigenvalue weighted by Gasteiger charge is -2.18. The number of hydrogen-bond acceptors (Lipinski definition) is 5. The second-order valence-corrected chi connectivity index (χ2v) is 5.78. The molecule has 0 radical (unpaired) electrons. The lowest BCUT2D eigenvalue weighted by atomic mass is 10.3. The Morgan fingerprint density at radius 1 is 1.31 bits per heavy atom. The number of methoxy groups -OCH3 is 1. The predicted octanol–water partition coefficient (Wildman–Crippen LogP) is 1.48. The highest BCUT2D eigenvalue weighted by molar-refractivity contribution is 5.79. The first-order valence-corrected chi connectivity index (χ1v) is 8.78. The van der Waals surface area contributed by atoms with Crippen LogP contribution in [0.1, 0.15) is 19.7 Å². The first kappa shape index (κ1) is 19.6. The molecule has 0 saturated carbocycles. The number of aliphatic imine (C=N–C) groups is 1. The second-order valence-electron chi connectivity index (χ2n) is 5.78. The molecular weight excluding hydrogens is 332 g/mol. The third-order valence-corrected chi connectivity index (χ3v) is 3.82. The lowest BCUT2D eigenvalue weighted by Crippen LogP contribution is -2.42. The maximum absolute atomic E-state index is 5.90. The summed E-state index contributed by atoms with van der Waals surface area (Å²) in [6, 6.07) is 7.58. The van der Waals surface area contributed by atoms with Gasteiger partial charge in [-0.2, -0.15) is 0 Å². The fourth-order valence-corrected chi connectivity index (χ4v) is 2.44. The largest absolute Gasteiger partial charge is 0.497 e. The summed E-state index contributed by atoms with van der Waals surface area (Å²) in [4.78, 5) is 4.23. The molecule has 1 atom stereocenters. The van der Waals surface area contributed by atoms with E-state index in [9.17, 15) is 0 Å². The van der Waals surface area contributed by atoms with Crippen LogP contribution in [0, 0.1) is 0 Å². The van der Waals surface area contributed by atoms with Crippen LogP contribution in [-0.4, -0.2) is 54.1 Å². The maximum Gasteiger partial charge on any atom is 0.191 e. The summed E-state index contributed by atoms with van der Waals surface area (Å²) in [5, 5.41) is 14.6. The average Bonchev–Trinajstić information content (AvgIpc) is 3.12. The Hall–Kier alpha value is -2.77. The van der Waals surface area contributed by atoms with Gasteiger partial charge in [-0.15, -0.1) is 10.2 Å². The second kappa shape index (κ2) is 10.3. The molecule has 142 valence electrons. The highest BCUT2D eigenvalue weighted by atomic mass is 16.5. The molecule has 1 aromatic heterocycles. The summed E-state index contributed by atoms with van der Waals surface area (Å²) in [5.74, 6) is 3.27. The minimum atomic E-state index is -0.0230. The Kier molecular flexibility index (Phi) is 7.73. The van der Waals surface area contributed by atoms with Crippen molar-refractivity contribution in [2.75, 3.05) is 27.2 Å². The molecule has 1 unspecified atom stereocenters. The van der Waals surface area contributed by atoms with Gasteiger partial charge in [0.15, 0.2) is 5.96 Å². The number of aromatic nitrogens is 3. The van der Waals surface area contributed by atoms with E-state index in [-0.39, 0.29) is 6.10 Å². The van der Waals surface area contributed by atoms with E-state index in [1.165, 1.54) is 0 Å². The van der Waals surface area contributed by atoms with Crippen LogP contribution >= 0.6 is 0 Å². The van der Waals surface area contributed by atoms with Crippen molar-refractivity contribution >= 4 is 5.96 Å². The van der Waals surface area contributed by atoms with Crippen LogP contribution in [0.15, 0.2) is 35.6 Å². The maximum atomic E-state index is 5.90. The number of ether oxygens (including phenoxy) is 2. The Morgan fingerprint density at radius 3 is 2.85 bits per heavy atom. The minimum absolute atomic E-state index is 0.0230. The van der Waals surface area contributed by atoms with Crippen LogP contribution in [0.25, 0.3) is 0 Å². The Labute approximate surface area is 154 Å². The van der Waals surface area contributed by atoms with E-state index in [4.69, 9.17) is 9.47 Å². The number of hydrogen-bond donors (Lipinski definition) is 2. The van der Waals surface area contributed by atoms with Gasteiger partial charge in [0.2, 0.25) is 0 Å². The molecule has 0 aliphatic rings. The monoisotopic (exact) mass is 360 g/mol. The summed E-state index contributed by atoms with van der Waals surface area (Å²) in [6.45, 7) is 6.22. The Morgan fingerprint density at radius 2 is 2.12 bits per heavy atom. The van der Waals surface area contributed by atoms with Gasteiger partial charge in [-0.3, -0.25) is 4.99 Å². The number of rotatable bonds is 9. The van der Waals surface area contributed by atoms with Gasteiger partial charge in [0, 0.05) is 32.6 Å². The molecule has 8 nitrogen and oxygen atoms in total. The molecule has 1 aromatic carbocycles. The molecule has 8 heteroatoms. The number of benzene rings is 1. The summed E-state index contributed by atoms with van der Waals surface area (Å²) < 4.78 is 13.1. The van der Waals surface area contributed by atoms with Gasteiger partial charge < -0.3 is 24.7 Å². The van der Waals surface area contributed by atoms with E-state index >= 15 is 0 Å². The van der Waals surface area contributed by atoms with Crippen molar-refractivity contribution in [3.8, 4) is 11.5 Å². The summed E-state index contributed by atoms with van der Waals surface area (Å²) in [5.41, 5.74) is 0. The highest BCUT2D eigenvalue weighted by Crippen LogP contribution is 2.19. The van der Waals surface area contributed by atoms with Gasteiger partial charge in [-0.05, 0) is 19.1 Å². The van der Waals surface area contributed by atoms with E-state index in [0.717, 1.165) is 42.8 Å². The topological polar surface area (TPSA) is 85.6 Å². The normalized spacial score (nSPS) is 12.5. The Balaban J connectivity index is 1.73. The van der Waals surface area contributed by atoms with Crippen LogP contribution in [0.3, 0.4) is 0 Å². The third kappa shape index (κ3) is 5.94. The van der Waals surface area contributed by atoms with Crippen molar-refractivity contribution < 1.29 is 9.47 Å². The van der Waals surface area contributed by atoms with Gasteiger partial charge in [-0.25, -0.2) is 0 Å². The third-order valence-electron chi connectivity index (χ3n) is 3.82. The zero-order chi connectivity index (χ0) is 18.8. The van der Waals surface area contributed by atoms with Gasteiger partial charge >= 0.3 is 0 Å². The van der Waals surface area contributed by atoms with Gasteiger partial charge in [0.1, 0.15) is 29.8 Å². The predicted molar refractivity (Wildman–Crippen MR) is 102 cm³/mol. The Bertz CT molecular complexity index is 700. The van der Waals surface area contributed by atoms with E-state index in [0.29, 0.717) is 6.54 Å². The van der Waals surface area contributed by atoms with Crippen molar-refractivity contribution in [3.63, 3.8) is 0 Å². The van der Waals surface area contributed by atoms with Crippen LogP contribution in [0.4, 0.5) is 0 Å². The van der Waals surface area contributed by atoms with Gasteiger partial charge in [-0.1, -0.05) is 13.0 Å². The van der Waals surface area contributed by atoms with Crippen LogP contribution in [-0.2, 0) is 13.0 Å². The van der Waals surface area contributed by atoms with Gasteiger partial charge in [0.25, 0.3) is 0 Å². The zero-order valence-corrected chi connectivity index (χ0v) is 15.9. The molecule has 0 fully saturated rings. The SMILES string of the molecule is CCc1nncn1CCNC(=NC)NCC(C)Oc1cccc(OC)c1. The molecule has 0 aliphatic heterocycles. The molecule has 2 aromatic rings. The van der Waals surface area contributed by atoms with Crippen molar-refractivity contribution in [3.05, 3.63) is 36.4 Å². The minimum Gasteiger partial charge on any atom is -0.497 e.